The largest absolute Gasteiger partial charge is 0.456 e. The van der Waals surface area contributed by atoms with Gasteiger partial charge in [0.2, 0.25) is 5.95 Å². The van der Waals surface area contributed by atoms with E-state index in [1.54, 1.807) is 45.0 Å². The number of aromatic nitrogens is 3. The van der Waals surface area contributed by atoms with Gasteiger partial charge < -0.3 is 14.8 Å². The average Bonchev–Trinajstić information content (AvgIpc) is 3.57. The van der Waals surface area contributed by atoms with Crippen LogP contribution in [0.25, 0.3) is 0 Å². The third kappa shape index (κ3) is 7.64. The van der Waals surface area contributed by atoms with Gasteiger partial charge in [0.05, 0.1) is 11.1 Å². The van der Waals surface area contributed by atoms with E-state index in [0.29, 0.717) is 5.56 Å². The van der Waals surface area contributed by atoms with Crippen molar-refractivity contribution in [3.05, 3.63) is 75.5 Å². The Balaban J connectivity index is 1.56. The minimum Gasteiger partial charge on any atom is -0.456 e. The summed E-state index contributed by atoms with van der Waals surface area (Å²) in [7, 11) is 0. The normalized spacial score (nSPS) is 14.7. The summed E-state index contributed by atoms with van der Waals surface area (Å²) in [4.78, 5) is 24.9. The van der Waals surface area contributed by atoms with E-state index in [1.165, 1.54) is 0 Å². The molecule has 4 rings (SSSR count). The molecule has 196 valence electrons. The zero-order valence-corrected chi connectivity index (χ0v) is 22.1. The van der Waals surface area contributed by atoms with Crippen LogP contribution < -0.4 is 10.1 Å². The lowest BCUT2D eigenvalue weighted by Crippen LogP contribution is -2.24. The number of hydrogen-bond donors (Lipinski definition) is 1. The fourth-order valence-electron chi connectivity index (χ4n) is 3.63. The maximum Gasteiger partial charge on any atom is 0.422 e. The van der Waals surface area contributed by atoms with Gasteiger partial charge in [-0.15, -0.1) is 0 Å². The first-order valence-electron chi connectivity index (χ1n) is 11.6. The number of ether oxygens (including phenoxy) is 2. The molecule has 1 saturated carbocycles. The number of rotatable bonds is 8. The molecule has 0 spiro atoms. The predicted molar refractivity (Wildman–Crippen MR) is 134 cm³/mol. The molecule has 1 N–H and O–H groups in total. The zero-order valence-electron chi connectivity index (χ0n) is 20.5. The van der Waals surface area contributed by atoms with Gasteiger partial charge in [0.15, 0.2) is 6.61 Å². The summed E-state index contributed by atoms with van der Waals surface area (Å²) in [5.41, 5.74) is 1.11. The van der Waals surface area contributed by atoms with Gasteiger partial charge in [-0.05, 0) is 69.0 Å². The van der Waals surface area contributed by atoms with Gasteiger partial charge in [-0.25, -0.2) is 4.79 Å². The lowest BCUT2D eigenvalue weighted by molar-refractivity contribution is -0.154. The first-order chi connectivity index (χ1) is 17.3. The van der Waals surface area contributed by atoms with Gasteiger partial charge in [0.25, 0.3) is 0 Å². The molecule has 1 fully saturated rings. The summed E-state index contributed by atoms with van der Waals surface area (Å²) in [6, 6.07) is 14.0. The fourth-order valence-corrected chi connectivity index (χ4v) is 4.03. The Labute approximate surface area is 221 Å². The van der Waals surface area contributed by atoms with E-state index in [-0.39, 0.29) is 18.2 Å². The number of hydrogen-bond acceptors (Lipinski definition) is 7. The molecule has 0 bridgehead atoms. The van der Waals surface area contributed by atoms with Crippen LogP contribution in [0.5, 0.6) is 6.01 Å². The van der Waals surface area contributed by atoms with Gasteiger partial charge in [-0.3, -0.25) is 0 Å². The topological polar surface area (TPSA) is 86.2 Å². The van der Waals surface area contributed by atoms with E-state index < -0.39 is 35.9 Å². The van der Waals surface area contributed by atoms with Crippen molar-refractivity contribution in [1.29, 1.82) is 0 Å². The van der Waals surface area contributed by atoms with E-state index in [2.05, 4.69) is 36.2 Å². The number of alkyl halides is 3. The second-order valence-corrected chi connectivity index (χ2v) is 10.8. The minimum atomic E-state index is -4.54. The molecule has 11 heteroatoms. The van der Waals surface area contributed by atoms with Crippen LogP contribution >= 0.6 is 15.9 Å². The molecule has 2 aromatic carbocycles. The number of halogens is 4. The van der Waals surface area contributed by atoms with Crippen molar-refractivity contribution in [1.82, 2.24) is 15.0 Å². The van der Waals surface area contributed by atoms with Gasteiger partial charge in [0.1, 0.15) is 11.4 Å². The van der Waals surface area contributed by atoms with Gasteiger partial charge >= 0.3 is 18.2 Å². The first-order valence-corrected chi connectivity index (χ1v) is 12.4. The minimum absolute atomic E-state index is 0.130. The lowest BCUT2D eigenvalue weighted by atomic mass is 10.1. The molecule has 1 aromatic heterocycles. The molecule has 0 saturated heterocycles. The van der Waals surface area contributed by atoms with Crippen LogP contribution in [0.15, 0.2) is 53.0 Å². The SMILES string of the molecule is CC(C)(C)OC(=O)c1ccc(Cc2nc(NC3(c4cccc(Br)c4)CC3)nc(OCC(F)(F)F)n2)cc1. The highest BCUT2D eigenvalue weighted by atomic mass is 79.9. The summed E-state index contributed by atoms with van der Waals surface area (Å²) < 4.78 is 49.5. The Morgan fingerprint density at radius 2 is 1.76 bits per heavy atom. The molecule has 1 heterocycles. The average molecular weight is 579 g/mol. The van der Waals surface area contributed by atoms with E-state index in [0.717, 1.165) is 28.4 Å². The van der Waals surface area contributed by atoms with E-state index in [9.17, 15) is 18.0 Å². The predicted octanol–water partition coefficient (Wildman–Crippen LogP) is 6.22. The Hall–Kier alpha value is -3.21. The summed E-state index contributed by atoms with van der Waals surface area (Å²) in [6.07, 6.45) is -2.71. The molecule has 0 unspecified atom stereocenters. The maximum atomic E-state index is 12.8. The summed E-state index contributed by atoms with van der Waals surface area (Å²) in [5, 5.41) is 3.28. The summed E-state index contributed by atoms with van der Waals surface area (Å²) in [5.74, 6) is -0.0921. The first kappa shape index (κ1) is 26.8. The third-order valence-electron chi connectivity index (χ3n) is 5.46. The molecule has 0 amide bonds. The summed E-state index contributed by atoms with van der Waals surface area (Å²) in [6.45, 7) is 3.84. The van der Waals surface area contributed by atoms with Gasteiger partial charge in [0, 0.05) is 10.9 Å². The number of anilines is 1. The Kier molecular flexibility index (Phi) is 7.45. The molecular formula is C26H26BrF3N4O3. The molecule has 0 atom stereocenters. The number of benzene rings is 2. The standard InChI is InChI=1S/C26H26BrF3N4O3/c1-24(2,3)37-21(35)17-9-7-16(8-10-17)13-20-31-22(33-23(32-20)36-15-26(28,29)30)34-25(11-12-25)18-5-4-6-19(27)14-18/h4-10,14H,11-13,15H2,1-3H3,(H,31,32,33,34). The Morgan fingerprint density at radius 3 is 2.35 bits per heavy atom. The molecule has 1 aliphatic carbocycles. The molecule has 1 aliphatic rings. The van der Waals surface area contributed by atoms with Crippen LogP contribution in [-0.2, 0) is 16.7 Å². The highest BCUT2D eigenvalue weighted by molar-refractivity contribution is 9.10. The third-order valence-corrected chi connectivity index (χ3v) is 5.95. The highest BCUT2D eigenvalue weighted by Gasteiger charge is 2.45. The van der Waals surface area contributed by atoms with Crippen LogP contribution in [0.1, 0.15) is 60.9 Å². The van der Waals surface area contributed by atoms with E-state index in [4.69, 9.17) is 9.47 Å². The van der Waals surface area contributed by atoms with Crippen molar-refractivity contribution in [2.24, 2.45) is 0 Å². The lowest BCUT2D eigenvalue weighted by Gasteiger charge is -2.19. The van der Waals surface area contributed by atoms with Crippen molar-refractivity contribution in [3.63, 3.8) is 0 Å². The molecule has 37 heavy (non-hydrogen) atoms. The Bertz CT molecular complexity index is 1270. The number of carbonyl (C=O) groups is 1. The van der Waals surface area contributed by atoms with Crippen LogP contribution in [0, 0.1) is 0 Å². The molecule has 0 radical (unpaired) electrons. The van der Waals surface area contributed by atoms with Crippen LogP contribution in [-0.4, -0.2) is 39.3 Å². The van der Waals surface area contributed by atoms with Crippen molar-refractivity contribution < 1.29 is 27.4 Å². The molecule has 0 aliphatic heterocycles. The molecule has 7 nitrogen and oxygen atoms in total. The van der Waals surface area contributed by atoms with Crippen LogP contribution in [0.3, 0.4) is 0 Å². The van der Waals surface area contributed by atoms with Crippen LogP contribution in [0.4, 0.5) is 19.1 Å². The molecular weight excluding hydrogens is 553 g/mol. The quantitative estimate of drug-likeness (QED) is 0.317. The summed E-state index contributed by atoms with van der Waals surface area (Å²) >= 11 is 3.47. The van der Waals surface area contributed by atoms with E-state index in [1.807, 2.05) is 24.3 Å². The van der Waals surface area contributed by atoms with Crippen molar-refractivity contribution in [2.45, 2.75) is 57.3 Å². The second kappa shape index (κ2) is 10.3. The number of esters is 1. The Morgan fingerprint density at radius 1 is 1.05 bits per heavy atom. The number of nitrogens with zero attached hydrogens (tertiary/aromatic N) is 3. The number of carbonyl (C=O) groups excluding carboxylic acids is 1. The van der Waals surface area contributed by atoms with Gasteiger partial charge in [-0.1, -0.05) is 40.2 Å². The fraction of sp³-hybridized carbons (Fsp3) is 0.385. The number of nitrogens with one attached hydrogen (secondary N) is 1. The monoisotopic (exact) mass is 578 g/mol. The van der Waals surface area contributed by atoms with Crippen molar-refractivity contribution >= 4 is 27.8 Å². The van der Waals surface area contributed by atoms with Crippen molar-refractivity contribution in [3.8, 4) is 6.01 Å². The molecule has 3 aromatic rings. The van der Waals surface area contributed by atoms with Crippen LogP contribution in [0.2, 0.25) is 0 Å². The maximum absolute atomic E-state index is 12.8. The zero-order chi connectivity index (χ0) is 26.8. The second-order valence-electron chi connectivity index (χ2n) is 9.85. The highest BCUT2D eigenvalue weighted by Crippen LogP contribution is 2.48. The van der Waals surface area contributed by atoms with Gasteiger partial charge in [-0.2, -0.15) is 28.1 Å². The van der Waals surface area contributed by atoms with E-state index >= 15 is 0 Å². The van der Waals surface area contributed by atoms with Crippen molar-refractivity contribution in [2.75, 3.05) is 11.9 Å². The smallest absolute Gasteiger partial charge is 0.422 e.